The summed E-state index contributed by atoms with van der Waals surface area (Å²) in [5.41, 5.74) is 0.510. The van der Waals surface area contributed by atoms with Crippen LogP contribution in [0.3, 0.4) is 0 Å². The Morgan fingerprint density at radius 3 is 2.36 bits per heavy atom. The van der Waals surface area contributed by atoms with Gasteiger partial charge in [0.1, 0.15) is 0 Å². The van der Waals surface area contributed by atoms with E-state index in [2.05, 4.69) is 10.2 Å². The van der Waals surface area contributed by atoms with Crippen molar-refractivity contribution in [2.45, 2.75) is 19.5 Å². The molecule has 0 radical (unpaired) electrons. The number of carbonyl (C=O) groups excluding carboxylic acids is 2. The Morgan fingerprint density at radius 2 is 1.70 bits per heavy atom. The number of anilines is 1. The van der Waals surface area contributed by atoms with Crippen LogP contribution in [-0.4, -0.2) is 57.4 Å². The SMILES string of the molecule is CCC(=O)c1ccc2nnc(C(=O)N3C[C@@H]4CN(c5ccccc5C(F)(F)F)C[C@@H]4C3)n2c1. The first-order chi connectivity index (χ1) is 15.8. The van der Waals surface area contributed by atoms with E-state index < -0.39 is 11.7 Å². The van der Waals surface area contributed by atoms with Gasteiger partial charge in [-0.25, -0.2) is 0 Å². The zero-order valence-corrected chi connectivity index (χ0v) is 17.9. The molecule has 10 heteroatoms. The van der Waals surface area contributed by atoms with E-state index in [1.54, 1.807) is 41.1 Å². The molecule has 33 heavy (non-hydrogen) atoms. The Labute approximate surface area is 187 Å². The predicted molar refractivity (Wildman–Crippen MR) is 114 cm³/mol. The number of nitrogens with zero attached hydrogens (tertiary/aromatic N) is 5. The van der Waals surface area contributed by atoms with Gasteiger partial charge >= 0.3 is 6.18 Å². The molecular formula is C23H22F3N5O2. The highest BCUT2D eigenvalue weighted by atomic mass is 19.4. The zero-order valence-electron chi connectivity index (χ0n) is 17.9. The molecule has 4 heterocycles. The number of alkyl halides is 3. The lowest BCUT2D eigenvalue weighted by atomic mass is 10.0. The molecule has 2 aromatic heterocycles. The van der Waals surface area contributed by atoms with E-state index in [0.717, 1.165) is 6.07 Å². The predicted octanol–water partition coefficient (Wildman–Crippen LogP) is 3.55. The van der Waals surface area contributed by atoms with Crippen molar-refractivity contribution < 1.29 is 22.8 Å². The number of para-hydroxylation sites is 1. The van der Waals surface area contributed by atoms with E-state index in [9.17, 15) is 22.8 Å². The molecule has 1 amide bonds. The minimum absolute atomic E-state index is 0.0427. The van der Waals surface area contributed by atoms with E-state index in [4.69, 9.17) is 0 Å². The number of hydrogen-bond donors (Lipinski definition) is 0. The van der Waals surface area contributed by atoms with Crippen LogP contribution >= 0.6 is 0 Å². The molecule has 0 N–H and O–H groups in total. The Bertz CT molecular complexity index is 1220. The summed E-state index contributed by atoms with van der Waals surface area (Å²) < 4.78 is 41.8. The largest absolute Gasteiger partial charge is 0.418 e. The Balaban J connectivity index is 1.33. The van der Waals surface area contributed by atoms with Gasteiger partial charge in [-0.1, -0.05) is 19.1 Å². The lowest BCUT2D eigenvalue weighted by Crippen LogP contribution is -2.34. The van der Waals surface area contributed by atoms with Crippen LogP contribution in [0.1, 0.15) is 39.9 Å². The molecule has 2 saturated heterocycles. The molecule has 2 aliphatic heterocycles. The van der Waals surface area contributed by atoms with Crippen LogP contribution in [0.4, 0.5) is 18.9 Å². The highest BCUT2D eigenvalue weighted by Crippen LogP contribution is 2.40. The van der Waals surface area contributed by atoms with Crippen molar-refractivity contribution in [3.63, 3.8) is 0 Å². The first kappa shape index (κ1) is 21.4. The summed E-state index contributed by atoms with van der Waals surface area (Å²) in [6.45, 7) is 3.56. The number of likely N-dealkylation sites (tertiary alicyclic amines) is 1. The number of carbonyl (C=O) groups is 2. The molecule has 5 rings (SSSR count). The standard InChI is InChI=1S/C23H22F3N5O2/c1-2-19(32)14-7-8-20-27-28-21(31(20)13-14)22(33)30-11-15-9-29(10-16(15)12-30)18-6-4-3-5-17(18)23(24,25)26/h3-8,13,15-16H,2,9-12H2,1H3/t15-,16+. The summed E-state index contributed by atoms with van der Waals surface area (Å²) in [6, 6.07) is 8.94. The van der Waals surface area contributed by atoms with E-state index in [1.165, 1.54) is 16.5 Å². The fraction of sp³-hybridized carbons (Fsp3) is 0.391. The van der Waals surface area contributed by atoms with E-state index in [0.29, 0.717) is 43.8 Å². The van der Waals surface area contributed by atoms with Gasteiger partial charge in [-0.3, -0.25) is 14.0 Å². The third-order valence-electron chi connectivity index (χ3n) is 6.56. The number of hydrogen-bond acceptors (Lipinski definition) is 5. The summed E-state index contributed by atoms with van der Waals surface area (Å²) in [6.07, 6.45) is -2.48. The van der Waals surface area contributed by atoms with Crippen molar-refractivity contribution in [2.24, 2.45) is 11.8 Å². The minimum Gasteiger partial charge on any atom is -0.370 e. The van der Waals surface area contributed by atoms with Crippen LogP contribution in [-0.2, 0) is 6.18 Å². The second-order valence-corrected chi connectivity index (χ2v) is 8.60. The number of aromatic nitrogens is 3. The van der Waals surface area contributed by atoms with Crippen LogP contribution in [0.25, 0.3) is 5.65 Å². The fourth-order valence-corrected chi connectivity index (χ4v) is 4.89. The lowest BCUT2D eigenvalue weighted by Gasteiger charge is -2.25. The van der Waals surface area contributed by atoms with E-state index >= 15 is 0 Å². The average molecular weight is 457 g/mol. The Morgan fingerprint density at radius 1 is 1.00 bits per heavy atom. The molecule has 3 aromatic rings. The maximum Gasteiger partial charge on any atom is 0.418 e. The summed E-state index contributed by atoms with van der Waals surface area (Å²) in [4.78, 5) is 28.7. The van der Waals surface area contributed by atoms with Gasteiger partial charge in [-0.15, -0.1) is 10.2 Å². The van der Waals surface area contributed by atoms with Crippen molar-refractivity contribution >= 4 is 23.0 Å². The van der Waals surface area contributed by atoms with Gasteiger partial charge in [0.05, 0.1) is 5.56 Å². The topological polar surface area (TPSA) is 70.8 Å². The Kier molecular flexibility index (Phi) is 5.10. The van der Waals surface area contributed by atoms with E-state index in [-0.39, 0.29) is 35.0 Å². The minimum atomic E-state index is -4.41. The van der Waals surface area contributed by atoms with E-state index in [1.807, 2.05) is 0 Å². The molecule has 0 bridgehead atoms. The zero-order chi connectivity index (χ0) is 23.3. The van der Waals surface area contributed by atoms with Crippen LogP contribution in [0.2, 0.25) is 0 Å². The third-order valence-corrected chi connectivity index (χ3v) is 6.56. The monoisotopic (exact) mass is 457 g/mol. The van der Waals surface area contributed by atoms with Gasteiger partial charge < -0.3 is 9.80 Å². The second kappa shape index (κ2) is 7.86. The molecular weight excluding hydrogens is 435 g/mol. The highest BCUT2D eigenvalue weighted by Gasteiger charge is 2.44. The first-order valence-electron chi connectivity index (χ1n) is 10.8. The summed E-state index contributed by atoms with van der Waals surface area (Å²) in [5.74, 6) is -0.0486. The number of benzene rings is 1. The number of fused-ring (bicyclic) bond motifs is 2. The average Bonchev–Trinajstić information content (AvgIpc) is 3.50. The molecule has 0 spiro atoms. The number of pyridine rings is 1. The van der Waals surface area contributed by atoms with Crippen LogP contribution < -0.4 is 4.90 Å². The van der Waals surface area contributed by atoms with Gasteiger partial charge in [-0.05, 0) is 24.3 Å². The summed E-state index contributed by atoms with van der Waals surface area (Å²) in [5, 5.41) is 8.07. The molecule has 0 unspecified atom stereocenters. The van der Waals surface area contributed by atoms with Crippen LogP contribution in [0.5, 0.6) is 0 Å². The maximum atomic E-state index is 13.4. The number of ketones is 1. The smallest absolute Gasteiger partial charge is 0.370 e. The first-order valence-corrected chi connectivity index (χ1v) is 10.8. The number of rotatable bonds is 4. The molecule has 172 valence electrons. The van der Waals surface area contributed by atoms with Gasteiger partial charge in [0.2, 0.25) is 5.82 Å². The van der Waals surface area contributed by atoms with Crippen LogP contribution in [0, 0.1) is 11.8 Å². The summed E-state index contributed by atoms with van der Waals surface area (Å²) in [7, 11) is 0. The summed E-state index contributed by atoms with van der Waals surface area (Å²) >= 11 is 0. The van der Waals surface area contributed by atoms with Gasteiger partial charge in [0, 0.05) is 61.9 Å². The fourth-order valence-electron chi connectivity index (χ4n) is 4.89. The van der Waals surface area contributed by atoms with Crippen LogP contribution in [0.15, 0.2) is 42.6 Å². The van der Waals surface area contributed by atoms with Crippen molar-refractivity contribution in [3.05, 3.63) is 59.5 Å². The molecule has 2 atom stereocenters. The van der Waals surface area contributed by atoms with Crippen molar-refractivity contribution in [1.82, 2.24) is 19.5 Å². The molecule has 2 aliphatic rings. The second-order valence-electron chi connectivity index (χ2n) is 8.60. The third kappa shape index (κ3) is 3.73. The maximum absolute atomic E-state index is 13.4. The number of Topliss-reactive ketones (excluding diaryl/α,β-unsaturated/α-hetero) is 1. The highest BCUT2D eigenvalue weighted by molar-refractivity contribution is 5.96. The molecule has 7 nitrogen and oxygen atoms in total. The molecule has 0 aliphatic carbocycles. The molecule has 2 fully saturated rings. The lowest BCUT2D eigenvalue weighted by molar-refractivity contribution is -0.137. The molecule has 1 aromatic carbocycles. The number of amides is 1. The van der Waals surface area contributed by atoms with Gasteiger partial charge in [0.15, 0.2) is 11.4 Å². The number of halogens is 3. The van der Waals surface area contributed by atoms with Crippen molar-refractivity contribution in [1.29, 1.82) is 0 Å². The Hall–Kier alpha value is -3.43. The van der Waals surface area contributed by atoms with Crippen molar-refractivity contribution in [2.75, 3.05) is 31.1 Å². The van der Waals surface area contributed by atoms with Crippen molar-refractivity contribution in [3.8, 4) is 0 Å². The molecule has 0 saturated carbocycles. The normalized spacial score (nSPS) is 20.5. The quantitative estimate of drug-likeness (QED) is 0.561. The van der Waals surface area contributed by atoms with Gasteiger partial charge in [0.25, 0.3) is 5.91 Å². The van der Waals surface area contributed by atoms with Gasteiger partial charge in [-0.2, -0.15) is 13.2 Å².